The van der Waals surface area contributed by atoms with Crippen LogP contribution in [0.4, 0.5) is 0 Å². The fourth-order valence-corrected chi connectivity index (χ4v) is 2.78. The van der Waals surface area contributed by atoms with Crippen LogP contribution in [0.15, 0.2) is 0 Å². The van der Waals surface area contributed by atoms with E-state index in [2.05, 4.69) is 79.6 Å². The molecule has 5 heteroatoms. The monoisotopic (exact) mass is 448 g/mol. The highest BCUT2D eigenvalue weighted by atomic mass is 79.9. The quantitative estimate of drug-likeness (QED) is 0.558. The van der Waals surface area contributed by atoms with Crippen LogP contribution in [0.3, 0.4) is 0 Å². The highest BCUT2D eigenvalue weighted by molar-refractivity contribution is 9.30. The third-order valence-corrected chi connectivity index (χ3v) is 6.87. The minimum Gasteiger partial charge on any atom is -0.0927 e. The highest BCUT2D eigenvalue weighted by Crippen LogP contribution is 2.41. The van der Waals surface area contributed by atoms with Gasteiger partial charge in [-0.15, -0.1) is 0 Å². The second-order valence-electron chi connectivity index (χ2n) is 1.50. The molecule has 0 aliphatic carbocycles. The summed E-state index contributed by atoms with van der Waals surface area (Å²) in [4.78, 5) is 0. The van der Waals surface area contributed by atoms with E-state index in [0.717, 1.165) is 11.8 Å². The summed E-state index contributed by atoms with van der Waals surface area (Å²) in [6, 6.07) is 0. The molecule has 0 unspecified atom stereocenters. The first-order chi connectivity index (χ1) is 4.00. The molecule has 56 valence electrons. The fraction of sp³-hybridized carbons (Fsp3) is 1.00. The largest absolute Gasteiger partial charge is 0.103 e. The Hall–Kier alpha value is 2.40. The summed E-state index contributed by atoms with van der Waals surface area (Å²) in [5, 5.41) is 0.969. The lowest BCUT2D eigenvalue weighted by Crippen LogP contribution is -2.19. The second kappa shape index (κ2) is 5.12. The predicted octanol–water partition coefficient (Wildman–Crippen LogP) is 4.37. The van der Waals surface area contributed by atoms with Crippen LogP contribution in [0.5, 0.6) is 0 Å². The zero-order chi connectivity index (χ0) is 7.49. The molecule has 0 nitrogen and oxygen atoms in total. The van der Waals surface area contributed by atoms with Gasteiger partial charge in [-0.05, 0) is 6.42 Å². The molecule has 0 aliphatic heterocycles. The zero-order valence-corrected chi connectivity index (χ0v) is 12.3. The molecule has 0 rings (SSSR count). The van der Waals surface area contributed by atoms with Crippen molar-refractivity contribution in [2.24, 2.45) is 0 Å². The average Bonchev–Trinajstić information content (AvgIpc) is 1.65. The van der Waals surface area contributed by atoms with E-state index in [4.69, 9.17) is 0 Å². The summed E-state index contributed by atoms with van der Waals surface area (Å²) in [6.07, 6.45) is 1.01. The Bertz CT molecular complexity index is 79.0. The summed E-state index contributed by atoms with van der Waals surface area (Å²) in [5.74, 6) is 0. The number of hydrogen-bond acceptors (Lipinski definition) is 0. The molecule has 0 atom stereocenters. The van der Waals surface area contributed by atoms with Gasteiger partial charge in [0.2, 0.25) is 0 Å². The molecule has 9 heavy (non-hydrogen) atoms. The van der Waals surface area contributed by atoms with Gasteiger partial charge in [-0.2, -0.15) is 0 Å². The van der Waals surface area contributed by atoms with Crippen molar-refractivity contribution in [2.45, 2.75) is 13.4 Å². The average molecular weight is 453 g/mol. The predicted molar refractivity (Wildman–Crippen MR) is 60.6 cm³/mol. The maximum Gasteiger partial charge on any atom is 0.103 e. The van der Waals surface area contributed by atoms with Gasteiger partial charge in [0.1, 0.15) is 3.23 Å². The van der Waals surface area contributed by atoms with E-state index < -0.39 is 0 Å². The minimum absolute atomic E-state index is 0.0382. The summed E-state index contributed by atoms with van der Waals surface area (Å²) in [5.41, 5.74) is 0. The third-order valence-electron chi connectivity index (χ3n) is 0.747. The van der Waals surface area contributed by atoms with Gasteiger partial charge >= 0.3 is 0 Å². The fourth-order valence-electron chi connectivity index (χ4n) is 0.235. The molecule has 0 saturated carbocycles. The summed E-state index contributed by atoms with van der Waals surface area (Å²) >= 11 is 17.1. The van der Waals surface area contributed by atoms with Crippen molar-refractivity contribution in [1.82, 2.24) is 0 Å². The van der Waals surface area contributed by atoms with Crippen LogP contribution in [0.1, 0.15) is 6.42 Å². The molecule has 0 heterocycles. The number of hydrogen-bond donors (Lipinski definition) is 0. The molecule has 0 amide bonds. The topological polar surface area (TPSA) is 0 Å². The van der Waals surface area contributed by atoms with Crippen LogP contribution in [-0.2, 0) is 0 Å². The smallest absolute Gasteiger partial charge is 0.0927 e. The first-order valence-electron chi connectivity index (χ1n) is 2.22. The molecule has 0 aromatic rings. The van der Waals surface area contributed by atoms with Crippen LogP contribution in [0, 0.1) is 0 Å². The van der Waals surface area contributed by atoms with Gasteiger partial charge in [0, 0.05) is 5.33 Å². The molecule has 0 aromatic carbocycles. The standard InChI is InChI=1S/C4H5Br5/c5-2-1-4(8,9)3(6)7/h3H,1-2H2. The number of halogens is 5. The second-order valence-corrected chi connectivity index (χ2v) is 9.25. The van der Waals surface area contributed by atoms with Gasteiger partial charge < -0.3 is 0 Å². The van der Waals surface area contributed by atoms with E-state index in [0.29, 0.717) is 0 Å². The van der Waals surface area contributed by atoms with Crippen molar-refractivity contribution < 1.29 is 0 Å². The Morgan fingerprint density at radius 2 is 1.67 bits per heavy atom. The van der Waals surface area contributed by atoms with Gasteiger partial charge in [0.25, 0.3) is 0 Å². The van der Waals surface area contributed by atoms with Crippen LogP contribution < -0.4 is 0 Å². The molecule has 0 radical (unpaired) electrons. The van der Waals surface area contributed by atoms with Crippen LogP contribution in [0.2, 0.25) is 0 Å². The minimum atomic E-state index is -0.0382. The summed E-state index contributed by atoms with van der Waals surface area (Å²) in [7, 11) is 0. The maximum atomic E-state index is 3.50. The first-order valence-corrected chi connectivity index (χ1v) is 6.76. The number of alkyl halides is 5. The van der Waals surface area contributed by atoms with Crippen LogP contribution >= 0.6 is 79.6 Å². The Labute approximate surface area is 97.2 Å². The normalized spacial score (nSPS) is 12.7. The van der Waals surface area contributed by atoms with E-state index in [-0.39, 0.29) is 6.97 Å². The van der Waals surface area contributed by atoms with Crippen molar-refractivity contribution in [3.05, 3.63) is 0 Å². The zero-order valence-electron chi connectivity index (χ0n) is 4.38. The van der Waals surface area contributed by atoms with Crippen LogP contribution in [0.25, 0.3) is 0 Å². The van der Waals surface area contributed by atoms with Crippen molar-refractivity contribution in [3.63, 3.8) is 0 Å². The Morgan fingerprint density at radius 1 is 1.22 bits per heavy atom. The van der Waals surface area contributed by atoms with Crippen molar-refractivity contribution in [2.75, 3.05) is 5.33 Å². The van der Waals surface area contributed by atoms with Gasteiger partial charge in [-0.3, -0.25) is 0 Å². The van der Waals surface area contributed by atoms with Gasteiger partial charge in [0.05, 0.1) is 3.74 Å². The van der Waals surface area contributed by atoms with Crippen molar-refractivity contribution in [1.29, 1.82) is 0 Å². The molecule has 0 aromatic heterocycles. The molecule has 0 saturated heterocycles. The molecular formula is C4H5Br5. The van der Waals surface area contributed by atoms with E-state index >= 15 is 0 Å². The lowest BCUT2D eigenvalue weighted by Gasteiger charge is -2.20. The third kappa shape index (κ3) is 4.77. The lowest BCUT2D eigenvalue weighted by molar-refractivity contribution is 0.891. The Kier molecular flexibility index (Phi) is 6.48. The molecule has 0 spiro atoms. The molecule has 0 bridgehead atoms. The lowest BCUT2D eigenvalue weighted by atomic mass is 10.4. The van der Waals surface area contributed by atoms with Gasteiger partial charge in [-0.1, -0.05) is 79.6 Å². The van der Waals surface area contributed by atoms with Crippen molar-refractivity contribution >= 4 is 79.6 Å². The van der Waals surface area contributed by atoms with Crippen LogP contribution in [-0.4, -0.2) is 12.3 Å². The SMILES string of the molecule is BrCCC(Br)(Br)C(Br)Br. The Morgan fingerprint density at radius 3 is 1.78 bits per heavy atom. The molecule has 0 fully saturated rings. The highest BCUT2D eigenvalue weighted by Gasteiger charge is 2.28. The molecule has 0 aliphatic rings. The molecular weight excluding hydrogens is 448 g/mol. The maximum absolute atomic E-state index is 3.50. The number of rotatable bonds is 3. The van der Waals surface area contributed by atoms with E-state index in [1.54, 1.807) is 0 Å². The van der Waals surface area contributed by atoms with Gasteiger partial charge in [0.15, 0.2) is 0 Å². The molecule has 0 N–H and O–H groups in total. The van der Waals surface area contributed by atoms with E-state index in [1.807, 2.05) is 0 Å². The summed E-state index contributed by atoms with van der Waals surface area (Å²) < 4.78 is 0.207. The summed E-state index contributed by atoms with van der Waals surface area (Å²) in [6.45, 7) is 0. The Balaban J connectivity index is 3.70. The van der Waals surface area contributed by atoms with E-state index in [1.165, 1.54) is 0 Å². The van der Waals surface area contributed by atoms with Crippen molar-refractivity contribution in [3.8, 4) is 0 Å². The van der Waals surface area contributed by atoms with E-state index in [9.17, 15) is 0 Å². The van der Waals surface area contributed by atoms with Gasteiger partial charge in [-0.25, -0.2) is 0 Å². The first kappa shape index (κ1) is 11.4.